The number of hydrogen-bond acceptors (Lipinski definition) is 3. The number of halogens is 1. The van der Waals surface area contributed by atoms with Crippen LogP contribution in [0, 0.1) is 0 Å². The van der Waals surface area contributed by atoms with Gasteiger partial charge < -0.3 is 9.30 Å². The van der Waals surface area contributed by atoms with E-state index in [1.807, 2.05) is 35.8 Å². The van der Waals surface area contributed by atoms with Crippen molar-refractivity contribution in [1.82, 2.24) is 9.55 Å². The number of aromatic nitrogens is 2. The van der Waals surface area contributed by atoms with Crippen LogP contribution < -0.4 is 0 Å². The molecule has 5 heteroatoms. The van der Waals surface area contributed by atoms with E-state index in [2.05, 4.69) is 20.9 Å². The minimum Gasteiger partial charge on any atom is -0.461 e. The van der Waals surface area contributed by atoms with Gasteiger partial charge in [-0.1, -0.05) is 28.1 Å². The van der Waals surface area contributed by atoms with Gasteiger partial charge in [0.25, 0.3) is 0 Å². The van der Waals surface area contributed by atoms with Crippen molar-refractivity contribution >= 4 is 21.9 Å². The summed E-state index contributed by atoms with van der Waals surface area (Å²) in [4.78, 5) is 15.9. The molecule has 2 rings (SSSR count). The van der Waals surface area contributed by atoms with E-state index in [-0.39, 0.29) is 12.0 Å². The topological polar surface area (TPSA) is 44.1 Å². The maximum Gasteiger partial charge on any atom is 0.356 e. The molecule has 0 aliphatic heterocycles. The Hall–Kier alpha value is -1.62. The number of carbonyl (C=O) groups excluding carboxylic acids is 1. The maximum absolute atomic E-state index is 11.8. The van der Waals surface area contributed by atoms with Crippen LogP contribution >= 0.6 is 15.9 Å². The Balaban J connectivity index is 2.32. The molecule has 1 aromatic heterocycles. The van der Waals surface area contributed by atoms with Gasteiger partial charge in [-0.05, 0) is 31.5 Å². The first kappa shape index (κ1) is 13.8. The Kier molecular flexibility index (Phi) is 4.37. The van der Waals surface area contributed by atoms with E-state index >= 15 is 0 Å². The molecule has 0 N–H and O–H groups in total. The highest BCUT2D eigenvalue weighted by atomic mass is 79.9. The van der Waals surface area contributed by atoms with Crippen molar-refractivity contribution in [3.8, 4) is 0 Å². The van der Waals surface area contributed by atoms with E-state index in [4.69, 9.17) is 4.74 Å². The first-order chi connectivity index (χ1) is 9.13. The normalized spacial score (nSPS) is 12.2. The molecule has 1 heterocycles. The van der Waals surface area contributed by atoms with Gasteiger partial charge in [-0.2, -0.15) is 0 Å². The van der Waals surface area contributed by atoms with Crippen LogP contribution in [0.25, 0.3) is 0 Å². The Morgan fingerprint density at radius 1 is 1.53 bits per heavy atom. The smallest absolute Gasteiger partial charge is 0.356 e. The summed E-state index contributed by atoms with van der Waals surface area (Å²) in [6.07, 6.45) is 3.18. The number of carbonyl (C=O) groups is 1. The van der Waals surface area contributed by atoms with Crippen LogP contribution in [0.3, 0.4) is 0 Å². The fraction of sp³-hybridized carbons (Fsp3) is 0.286. The van der Waals surface area contributed by atoms with Gasteiger partial charge in [0.15, 0.2) is 0 Å². The van der Waals surface area contributed by atoms with Crippen molar-refractivity contribution in [1.29, 1.82) is 0 Å². The molecule has 1 aromatic carbocycles. The van der Waals surface area contributed by atoms with Gasteiger partial charge in [-0.3, -0.25) is 0 Å². The largest absolute Gasteiger partial charge is 0.461 e. The van der Waals surface area contributed by atoms with E-state index in [1.165, 1.54) is 6.20 Å². The summed E-state index contributed by atoms with van der Waals surface area (Å²) in [5.74, 6) is -0.346. The third-order valence-corrected chi connectivity index (χ3v) is 3.39. The van der Waals surface area contributed by atoms with Gasteiger partial charge in [0.1, 0.15) is 5.69 Å². The predicted molar refractivity (Wildman–Crippen MR) is 76.1 cm³/mol. The Bertz CT molecular complexity index is 580. The van der Waals surface area contributed by atoms with Crippen LogP contribution in [-0.4, -0.2) is 22.1 Å². The van der Waals surface area contributed by atoms with Gasteiger partial charge >= 0.3 is 5.97 Å². The fourth-order valence-electron chi connectivity index (χ4n) is 1.90. The van der Waals surface area contributed by atoms with E-state index in [9.17, 15) is 4.79 Å². The molecule has 0 aliphatic carbocycles. The first-order valence-electron chi connectivity index (χ1n) is 6.08. The van der Waals surface area contributed by atoms with Crippen molar-refractivity contribution in [3.05, 3.63) is 52.5 Å². The highest BCUT2D eigenvalue weighted by molar-refractivity contribution is 9.10. The lowest BCUT2D eigenvalue weighted by atomic mass is 10.1. The lowest BCUT2D eigenvalue weighted by molar-refractivity contribution is 0.0512. The van der Waals surface area contributed by atoms with E-state index in [0.717, 1.165) is 10.0 Å². The lowest BCUT2D eigenvalue weighted by Gasteiger charge is -2.16. The lowest BCUT2D eigenvalue weighted by Crippen LogP contribution is -2.15. The molecule has 0 radical (unpaired) electrons. The van der Waals surface area contributed by atoms with Gasteiger partial charge in [0.2, 0.25) is 0 Å². The quantitative estimate of drug-likeness (QED) is 0.810. The van der Waals surface area contributed by atoms with E-state index in [1.54, 1.807) is 13.3 Å². The number of benzene rings is 1. The summed E-state index contributed by atoms with van der Waals surface area (Å²) in [6.45, 7) is 4.16. The van der Waals surface area contributed by atoms with Crippen LogP contribution in [0.5, 0.6) is 0 Å². The SMILES string of the molecule is CCOC(=O)c1cncn1C(C)c1cccc(Br)c1. The molecular weight excluding hydrogens is 308 g/mol. The zero-order valence-electron chi connectivity index (χ0n) is 10.8. The second kappa shape index (κ2) is 6.02. The Labute approximate surface area is 120 Å². The highest BCUT2D eigenvalue weighted by Gasteiger charge is 2.17. The van der Waals surface area contributed by atoms with Crippen molar-refractivity contribution in [2.75, 3.05) is 6.61 Å². The molecule has 1 atom stereocenters. The molecule has 0 saturated carbocycles. The van der Waals surface area contributed by atoms with E-state index < -0.39 is 0 Å². The average Bonchev–Trinajstić information content (AvgIpc) is 2.87. The van der Waals surface area contributed by atoms with Gasteiger partial charge in [0.05, 0.1) is 25.2 Å². The molecule has 1 unspecified atom stereocenters. The molecule has 0 amide bonds. The molecule has 0 bridgehead atoms. The molecule has 4 nitrogen and oxygen atoms in total. The summed E-state index contributed by atoms with van der Waals surface area (Å²) in [6, 6.07) is 8.00. The number of hydrogen-bond donors (Lipinski definition) is 0. The van der Waals surface area contributed by atoms with Crippen LogP contribution in [0.2, 0.25) is 0 Å². The fourth-order valence-corrected chi connectivity index (χ4v) is 2.32. The van der Waals surface area contributed by atoms with Gasteiger partial charge in [-0.15, -0.1) is 0 Å². The second-order valence-corrected chi connectivity index (χ2v) is 5.05. The average molecular weight is 323 g/mol. The van der Waals surface area contributed by atoms with Gasteiger partial charge in [0, 0.05) is 4.47 Å². The second-order valence-electron chi connectivity index (χ2n) is 4.14. The molecular formula is C14H15BrN2O2. The van der Waals surface area contributed by atoms with Crippen molar-refractivity contribution in [3.63, 3.8) is 0 Å². The molecule has 0 fully saturated rings. The summed E-state index contributed by atoms with van der Waals surface area (Å²) >= 11 is 3.45. The number of esters is 1. The van der Waals surface area contributed by atoms with Crippen molar-refractivity contribution < 1.29 is 9.53 Å². The third kappa shape index (κ3) is 3.04. The summed E-state index contributed by atoms with van der Waals surface area (Å²) in [5, 5.41) is 0. The number of ether oxygens (including phenoxy) is 1. The van der Waals surface area contributed by atoms with Crippen LogP contribution in [0.4, 0.5) is 0 Å². The summed E-state index contributed by atoms with van der Waals surface area (Å²) in [5.41, 5.74) is 1.56. The molecule has 19 heavy (non-hydrogen) atoms. The molecule has 0 saturated heterocycles. The molecule has 2 aromatic rings. The molecule has 0 spiro atoms. The van der Waals surface area contributed by atoms with Crippen LogP contribution in [0.1, 0.15) is 35.9 Å². The maximum atomic E-state index is 11.8. The third-order valence-electron chi connectivity index (χ3n) is 2.90. The number of nitrogens with zero attached hydrogens (tertiary/aromatic N) is 2. The zero-order chi connectivity index (χ0) is 13.8. The van der Waals surface area contributed by atoms with Gasteiger partial charge in [-0.25, -0.2) is 9.78 Å². The minimum absolute atomic E-state index is 0.0133. The summed E-state index contributed by atoms with van der Waals surface area (Å²) < 4.78 is 7.86. The first-order valence-corrected chi connectivity index (χ1v) is 6.87. The highest BCUT2D eigenvalue weighted by Crippen LogP contribution is 2.23. The van der Waals surface area contributed by atoms with Crippen molar-refractivity contribution in [2.24, 2.45) is 0 Å². The number of rotatable bonds is 4. The molecule has 100 valence electrons. The standard InChI is InChI=1S/C14H15BrN2O2/c1-3-19-14(18)13-8-16-9-17(13)10(2)11-5-4-6-12(15)7-11/h4-10H,3H2,1-2H3. The van der Waals surface area contributed by atoms with Crippen molar-refractivity contribution in [2.45, 2.75) is 19.9 Å². The Morgan fingerprint density at radius 3 is 3.00 bits per heavy atom. The number of imidazole rings is 1. The summed E-state index contributed by atoms with van der Waals surface area (Å²) in [7, 11) is 0. The zero-order valence-corrected chi connectivity index (χ0v) is 12.4. The Morgan fingerprint density at radius 2 is 2.32 bits per heavy atom. The minimum atomic E-state index is -0.346. The van der Waals surface area contributed by atoms with Crippen LogP contribution in [-0.2, 0) is 4.74 Å². The monoisotopic (exact) mass is 322 g/mol. The van der Waals surface area contributed by atoms with E-state index in [0.29, 0.717) is 12.3 Å². The predicted octanol–water partition coefficient (Wildman–Crippen LogP) is 3.43. The molecule has 0 aliphatic rings. The van der Waals surface area contributed by atoms with Crippen LogP contribution in [0.15, 0.2) is 41.3 Å².